The Bertz CT molecular complexity index is 1030. The van der Waals surface area contributed by atoms with Gasteiger partial charge in [-0.1, -0.05) is 18.2 Å². The number of aromatic nitrogens is 2. The van der Waals surface area contributed by atoms with Gasteiger partial charge < -0.3 is 15.7 Å². The molecule has 166 valence electrons. The van der Waals surface area contributed by atoms with E-state index in [1.54, 1.807) is 24.3 Å². The van der Waals surface area contributed by atoms with Crippen molar-refractivity contribution < 1.29 is 27.5 Å². The van der Waals surface area contributed by atoms with Crippen LogP contribution < -0.4 is 16.2 Å². The monoisotopic (exact) mass is 441 g/mol. The first-order chi connectivity index (χ1) is 14.5. The van der Waals surface area contributed by atoms with Crippen LogP contribution in [0.2, 0.25) is 0 Å². The van der Waals surface area contributed by atoms with Gasteiger partial charge in [0.2, 0.25) is 11.8 Å². The molecule has 1 aromatic heterocycles. The summed E-state index contributed by atoms with van der Waals surface area (Å²) in [6.07, 6.45) is -2.33. The Hall–Kier alpha value is -3.46. The number of anilines is 1. The zero-order chi connectivity index (χ0) is 23.2. The highest BCUT2D eigenvalue weighted by molar-refractivity contribution is 5.73. The molecule has 1 fully saturated rings. The maximum absolute atomic E-state index is 13.8. The van der Waals surface area contributed by atoms with E-state index in [4.69, 9.17) is 15.6 Å². The van der Waals surface area contributed by atoms with E-state index in [-0.39, 0.29) is 12.6 Å². The summed E-state index contributed by atoms with van der Waals surface area (Å²) in [5.74, 6) is -3.27. The number of alkyl halides is 3. The molecule has 0 radical (unpaired) electrons. The van der Waals surface area contributed by atoms with E-state index >= 15 is 0 Å². The molecule has 1 atom stereocenters. The molecule has 12 heteroatoms. The number of carboxylic acid groups (broad SMARTS) is 1. The number of nitriles is 1. The van der Waals surface area contributed by atoms with Gasteiger partial charge in [0.05, 0.1) is 24.4 Å². The number of hydrogen-bond donors (Lipinski definition) is 2. The molecule has 2 heterocycles. The Morgan fingerprint density at radius 3 is 2.58 bits per heavy atom. The summed E-state index contributed by atoms with van der Waals surface area (Å²) in [7, 11) is 0. The van der Waals surface area contributed by atoms with Gasteiger partial charge in [-0.05, 0) is 24.5 Å². The van der Waals surface area contributed by atoms with E-state index in [9.17, 15) is 27.6 Å². The molecule has 1 saturated heterocycles. The van der Waals surface area contributed by atoms with E-state index in [0.717, 1.165) is 19.0 Å². The molecule has 0 unspecified atom stereocenters. The highest BCUT2D eigenvalue weighted by Crippen LogP contribution is 2.18. The fraction of sp³-hybridized carbons (Fsp3) is 0.368. The number of nitrogens with two attached hydrogens (primary N) is 1. The van der Waals surface area contributed by atoms with Crippen LogP contribution in [0.25, 0.3) is 0 Å². The van der Waals surface area contributed by atoms with Crippen LogP contribution in [-0.4, -0.2) is 45.9 Å². The Kier molecular flexibility index (Phi) is 7.71. The molecule has 0 saturated carbocycles. The fourth-order valence-corrected chi connectivity index (χ4v) is 2.98. The predicted octanol–water partition coefficient (Wildman–Crippen LogP) is 1.86. The topological polar surface area (TPSA) is 125 Å². The Balaban J connectivity index is 0.000000423. The molecule has 3 N–H and O–H groups in total. The zero-order valence-corrected chi connectivity index (χ0v) is 16.1. The van der Waals surface area contributed by atoms with Gasteiger partial charge >= 0.3 is 12.1 Å². The minimum Gasteiger partial charge on any atom is -0.475 e. The number of piperidine rings is 1. The average Bonchev–Trinajstić information content (AvgIpc) is 2.71. The van der Waals surface area contributed by atoms with Crippen LogP contribution in [0.1, 0.15) is 24.0 Å². The minimum atomic E-state index is -5.08. The molecule has 3 rings (SSSR count). The molecule has 1 aliphatic heterocycles. The van der Waals surface area contributed by atoms with Gasteiger partial charge in [0.1, 0.15) is 0 Å². The van der Waals surface area contributed by atoms with Crippen molar-refractivity contribution >= 4 is 11.9 Å². The van der Waals surface area contributed by atoms with Gasteiger partial charge in [-0.2, -0.15) is 22.8 Å². The summed E-state index contributed by atoms with van der Waals surface area (Å²) >= 11 is 0. The maximum Gasteiger partial charge on any atom is 0.490 e. The number of aliphatic carboxylic acids is 1. The summed E-state index contributed by atoms with van der Waals surface area (Å²) < 4.78 is 46.8. The predicted molar refractivity (Wildman–Crippen MR) is 102 cm³/mol. The largest absolute Gasteiger partial charge is 0.490 e. The SMILES string of the molecule is N#Cc1ccccc1Cn1c(N2CCC[C@@H](N)C2)ncc(F)c1=O.O=C(O)C(F)(F)F. The van der Waals surface area contributed by atoms with Crippen LogP contribution in [0.5, 0.6) is 0 Å². The average molecular weight is 441 g/mol. The molecule has 2 aromatic rings. The van der Waals surface area contributed by atoms with Gasteiger partial charge in [-0.15, -0.1) is 0 Å². The van der Waals surface area contributed by atoms with Crippen molar-refractivity contribution in [2.75, 3.05) is 18.0 Å². The number of halogens is 4. The molecule has 0 amide bonds. The van der Waals surface area contributed by atoms with Crippen molar-refractivity contribution in [3.05, 3.63) is 57.8 Å². The fourth-order valence-electron chi connectivity index (χ4n) is 2.98. The second-order valence-electron chi connectivity index (χ2n) is 6.72. The lowest BCUT2D eigenvalue weighted by molar-refractivity contribution is -0.192. The van der Waals surface area contributed by atoms with Crippen LogP contribution in [0, 0.1) is 17.1 Å². The van der Waals surface area contributed by atoms with Crippen molar-refractivity contribution in [2.45, 2.75) is 31.6 Å². The van der Waals surface area contributed by atoms with Crippen LogP contribution in [0.15, 0.2) is 35.3 Å². The molecule has 8 nitrogen and oxygen atoms in total. The first-order valence-electron chi connectivity index (χ1n) is 9.08. The van der Waals surface area contributed by atoms with Crippen LogP contribution >= 0.6 is 0 Å². The summed E-state index contributed by atoms with van der Waals surface area (Å²) in [4.78, 5) is 27.3. The van der Waals surface area contributed by atoms with Gasteiger partial charge in [0.15, 0.2) is 0 Å². The van der Waals surface area contributed by atoms with Crippen LogP contribution in [0.3, 0.4) is 0 Å². The Labute approximate surface area is 174 Å². The summed E-state index contributed by atoms with van der Waals surface area (Å²) in [5.41, 5.74) is 6.36. The van der Waals surface area contributed by atoms with E-state index in [2.05, 4.69) is 11.1 Å². The molecule has 1 aliphatic rings. The standard InChI is InChI=1S/C17H18FN5O.C2HF3O2/c18-15-9-21-17(22-7-3-6-14(20)11-22)23(16(15)24)10-13-5-2-1-4-12(13)8-19;3-2(4,5)1(6)7/h1-2,4-5,9,14H,3,6-7,10-11,20H2;(H,6,7)/t14-;/m1./s1. The number of nitrogens with zero attached hydrogens (tertiary/aromatic N) is 4. The molecular weight excluding hydrogens is 422 g/mol. The molecule has 0 bridgehead atoms. The van der Waals surface area contributed by atoms with Crippen molar-refractivity contribution in [3.63, 3.8) is 0 Å². The van der Waals surface area contributed by atoms with E-state index < -0.39 is 23.5 Å². The molecule has 0 spiro atoms. The van der Waals surface area contributed by atoms with Gasteiger partial charge in [-0.25, -0.2) is 9.78 Å². The number of rotatable bonds is 3. The van der Waals surface area contributed by atoms with Crippen molar-refractivity contribution in [3.8, 4) is 6.07 Å². The summed E-state index contributed by atoms with van der Waals surface area (Å²) in [5, 5.41) is 16.3. The van der Waals surface area contributed by atoms with Crippen LogP contribution in [-0.2, 0) is 11.3 Å². The maximum atomic E-state index is 13.8. The normalized spacial score (nSPS) is 16.1. The first kappa shape index (κ1) is 23.8. The van der Waals surface area contributed by atoms with Gasteiger partial charge in [-0.3, -0.25) is 9.36 Å². The van der Waals surface area contributed by atoms with Crippen molar-refractivity contribution in [1.82, 2.24) is 9.55 Å². The number of benzene rings is 1. The quantitative estimate of drug-likeness (QED) is 0.697. The molecular formula is C19H19F4N5O3. The lowest BCUT2D eigenvalue weighted by Gasteiger charge is -2.32. The van der Waals surface area contributed by atoms with E-state index in [1.165, 1.54) is 4.57 Å². The summed E-state index contributed by atoms with van der Waals surface area (Å²) in [6.45, 7) is 1.37. The first-order valence-corrected chi connectivity index (χ1v) is 9.08. The van der Waals surface area contributed by atoms with Crippen molar-refractivity contribution in [2.24, 2.45) is 5.73 Å². The lowest BCUT2D eigenvalue weighted by Crippen LogP contribution is -2.45. The highest BCUT2D eigenvalue weighted by Gasteiger charge is 2.38. The second-order valence-corrected chi connectivity index (χ2v) is 6.72. The summed E-state index contributed by atoms with van der Waals surface area (Å²) in [6, 6.07) is 9.05. The number of hydrogen-bond acceptors (Lipinski definition) is 6. The minimum absolute atomic E-state index is 0.000509. The number of carbonyl (C=O) groups is 1. The van der Waals surface area contributed by atoms with Crippen molar-refractivity contribution in [1.29, 1.82) is 5.26 Å². The zero-order valence-electron chi connectivity index (χ0n) is 16.1. The Morgan fingerprint density at radius 2 is 2.00 bits per heavy atom. The third-order valence-corrected chi connectivity index (χ3v) is 4.43. The Morgan fingerprint density at radius 1 is 1.35 bits per heavy atom. The molecule has 31 heavy (non-hydrogen) atoms. The second kappa shape index (κ2) is 10.0. The smallest absolute Gasteiger partial charge is 0.475 e. The number of carboxylic acids is 1. The third kappa shape index (κ3) is 6.26. The highest BCUT2D eigenvalue weighted by atomic mass is 19.4. The molecule has 1 aromatic carbocycles. The lowest BCUT2D eigenvalue weighted by atomic mass is 10.1. The molecule has 0 aliphatic carbocycles. The van der Waals surface area contributed by atoms with Gasteiger partial charge in [0, 0.05) is 19.1 Å². The van der Waals surface area contributed by atoms with Gasteiger partial charge in [0.25, 0.3) is 5.56 Å². The van der Waals surface area contributed by atoms with E-state index in [1.807, 2.05) is 4.90 Å². The van der Waals surface area contributed by atoms with E-state index in [0.29, 0.717) is 30.2 Å². The van der Waals surface area contributed by atoms with Crippen LogP contribution in [0.4, 0.5) is 23.5 Å². The third-order valence-electron chi connectivity index (χ3n) is 4.43.